The highest BCUT2D eigenvalue weighted by Gasteiger charge is 2.01. The van der Waals surface area contributed by atoms with Gasteiger partial charge >= 0.3 is 5.95 Å². The zero-order valence-electron chi connectivity index (χ0n) is 6.24. The maximum atomic E-state index is 8.89. The number of rotatable bonds is 2. The number of aliphatic hydroxyl groups excluding tert-OH is 1. The van der Waals surface area contributed by atoms with Gasteiger partial charge < -0.3 is 9.84 Å². The highest BCUT2D eigenvalue weighted by Crippen LogP contribution is 2.00. The largest absolute Gasteiger partial charge is 0.464 e. The molecule has 11 heavy (non-hydrogen) atoms. The fourth-order valence-corrected chi connectivity index (χ4v) is 0.696. The molecule has 1 aromatic carbocycles. The van der Waals surface area contributed by atoms with E-state index in [0.717, 1.165) is 5.56 Å². The molecule has 0 spiro atoms. The molecule has 1 rings (SSSR count). The summed E-state index contributed by atoms with van der Waals surface area (Å²) in [5.41, 5.74) is 0.798. The summed E-state index contributed by atoms with van der Waals surface area (Å²) in [5.74, 6) is -0.198. The highest BCUT2D eigenvalue weighted by atomic mass is 16.6. The molecule has 0 aliphatic rings. The number of aliphatic hydroxyl groups is 1. The number of ether oxygens (including phenoxy) is 1. The Labute approximate surface area is 65.7 Å². The molecular weight excluding hydrogens is 140 g/mol. The Morgan fingerprint density at radius 1 is 1.36 bits per heavy atom. The van der Waals surface area contributed by atoms with Gasteiger partial charge in [0.25, 0.3) is 0 Å². The van der Waals surface area contributed by atoms with Crippen molar-refractivity contribution in [3.8, 4) is 0 Å². The summed E-state index contributed by atoms with van der Waals surface area (Å²) in [7, 11) is 1.39. The lowest BCUT2D eigenvalue weighted by Crippen LogP contribution is -1.84. The molecule has 1 aromatic rings. The average Bonchev–Trinajstić information content (AvgIpc) is 2.06. The first kappa shape index (κ1) is 7.58. The molecule has 0 aliphatic carbocycles. The second-order valence-corrected chi connectivity index (χ2v) is 2.00. The molecule has 2 heteroatoms. The Balaban J connectivity index is 2.79. The Morgan fingerprint density at radius 2 is 2.00 bits per heavy atom. The van der Waals surface area contributed by atoms with Gasteiger partial charge in [-0.3, -0.25) is 0 Å². The van der Waals surface area contributed by atoms with Crippen LogP contribution in [0, 0.1) is 6.08 Å². The quantitative estimate of drug-likeness (QED) is 0.514. The maximum absolute atomic E-state index is 8.89. The van der Waals surface area contributed by atoms with E-state index in [0.29, 0.717) is 0 Å². The third kappa shape index (κ3) is 2.28. The van der Waals surface area contributed by atoms with Gasteiger partial charge in [0.2, 0.25) is 0 Å². The maximum Gasteiger partial charge on any atom is 0.400 e. The minimum atomic E-state index is -0.198. The van der Waals surface area contributed by atoms with E-state index in [1.54, 1.807) is 0 Å². The second kappa shape index (κ2) is 3.59. The molecule has 0 amide bonds. The number of hydrogen-bond donors (Lipinski definition) is 1. The lowest BCUT2D eigenvalue weighted by atomic mass is 10.2. The molecule has 0 unspecified atom stereocenters. The molecule has 56 valence electrons. The van der Waals surface area contributed by atoms with Gasteiger partial charge in [0.1, 0.15) is 6.08 Å². The molecule has 2 nitrogen and oxygen atoms in total. The zero-order chi connectivity index (χ0) is 8.10. The summed E-state index contributed by atoms with van der Waals surface area (Å²) < 4.78 is 4.52. The van der Waals surface area contributed by atoms with Crippen LogP contribution < -0.4 is 0 Å². The first-order valence-electron chi connectivity index (χ1n) is 3.25. The molecule has 0 radical (unpaired) electrons. The molecule has 0 saturated heterocycles. The molecule has 0 atom stereocenters. The van der Waals surface area contributed by atoms with E-state index >= 15 is 0 Å². The standard InChI is InChI=1S/C9H8O2/c1-11-9(10)7-8-5-3-2-4-6-8/h2-6H,1H3/p+1. The molecule has 0 saturated carbocycles. The second-order valence-electron chi connectivity index (χ2n) is 2.00. The zero-order valence-corrected chi connectivity index (χ0v) is 6.24. The number of benzene rings is 1. The lowest BCUT2D eigenvalue weighted by molar-refractivity contribution is 0.134. The van der Waals surface area contributed by atoms with Crippen LogP contribution in [0.2, 0.25) is 0 Å². The van der Waals surface area contributed by atoms with Gasteiger partial charge in [-0.1, -0.05) is 0 Å². The van der Waals surface area contributed by atoms with Crippen molar-refractivity contribution >= 4 is 0 Å². The first-order chi connectivity index (χ1) is 5.33. The Bertz CT molecular complexity index is 239. The predicted octanol–water partition coefficient (Wildman–Crippen LogP) is 1.88. The van der Waals surface area contributed by atoms with Crippen molar-refractivity contribution in [1.82, 2.24) is 0 Å². The topological polar surface area (TPSA) is 29.5 Å². The van der Waals surface area contributed by atoms with Crippen LogP contribution in [-0.4, -0.2) is 12.2 Å². The molecule has 0 aliphatic heterocycles. The summed E-state index contributed by atoms with van der Waals surface area (Å²) in [6, 6.07) is 9.29. The van der Waals surface area contributed by atoms with Crippen LogP contribution in [0.4, 0.5) is 0 Å². The van der Waals surface area contributed by atoms with Crippen LogP contribution in [0.25, 0.3) is 0 Å². The van der Waals surface area contributed by atoms with Gasteiger partial charge in [0, 0.05) is 0 Å². The molecular formula is C9H9O2+. The summed E-state index contributed by atoms with van der Waals surface area (Å²) in [6.45, 7) is 0. The van der Waals surface area contributed by atoms with Crippen LogP contribution >= 0.6 is 0 Å². The summed E-state index contributed by atoms with van der Waals surface area (Å²) in [6.07, 6.45) is 2.64. The van der Waals surface area contributed by atoms with Crippen molar-refractivity contribution in [3.05, 3.63) is 47.9 Å². The summed E-state index contributed by atoms with van der Waals surface area (Å²) in [5, 5.41) is 8.89. The number of methoxy groups -OCH3 is 1. The van der Waals surface area contributed by atoms with Gasteiger partial charge in [-0.05, 0) is 18.2 Å². The molecule has 1 N–H and O–H groups in total. The Kier molecular flexibility index (Phi) is 2.47. The Morgan fingerprint density at radius 3 is 2.55 bits per heavy atom. The van der Waals surface area contributed by atoms with Crippen molar-refractivity contribution in [3.63, 3.8) is 0 Å². The van der Waals surface area contributed by atoms with E-state index in [1.165, 1.54) is 7.11 Å². The normalized spacial score (nSPS) is 10.5. The predicted molar refractivity (Wildman–Crippen MR) is 41.9 cm³/mol. The lowest BCUT2D eigenvalue weighted by Gasteiger charge is -1.87. The third-order valence-corrected chi connectivity index (χ3v) is 1.22. The average molecular weight is 149 g/mol. The van der Waals surface area contributed by atoms with E-state index in [4.69, 9.17) is 5.11 Å². The van der Waals surface area contributed by atoms with Crippen LogP contribution in [0.15, 0.2) is 36.3 Å². The Hall–Kier alpha value is -1.53. The SMILES string of the molecule is COC(O)=[C+]c1ccccc1. The minimum absolute atomic E-state index is 0.198. The van der Waals surface area contributed by atoms with Crippen LogP contribution in [-0.2, 0) is 4.74 Å². The van der Waals surface area contributed by atoms with Crippen molar-refractivity contribution in [1.29, 1.82) is 0 Å². The van der Waals surface area contributed by atoms with Crippen molar-refractivity contribution in [2.75, 3.05) is 7.11 Å². The van der Waals surface area contributed by atoms with Gasteiger partial charge in [0.15, 0.2) is 5.56 Å². The van der Waals surface area contributed by atoms with E-state index in [2.05, 4.69) is 10.8 Å². The first-order valence-corrected chi connectivity index (χ1v) is 3.25. The number of hydrogen-bond acceptors (Lipinski definition) is 2. The van der Waals surface area contributed by atoms with Gasteiger partial charge in [-0.2, -0.15) is 0 Å². The van der Waals surface area contributed by atoms with Crippen LogP contribution in [0.5, 0.6) is 0 Å². The summed E-state index contributed by atoms with van der Waals surface area (Å²) in [4.78, 5) is 0. The van der Waals surface area contributed by atoms with Gasteiger partial charge in [-0.15, -0.1) is 0 Å². The van der Waals surface area contributed by atoms with Crippen LogP contribution in [0.1, 0.15) is 5.56 Å². The van der Waals surface area contributed by atoms with E-state index in [9.17, 15) is 0 Å². The monoisotopic (exact) mass is 149 g/mol. The van der Waals surface area contributed by atoms with Crippen molar-refractivity contribution < 1.29 is 9.84 Å². The molecule has 0 heterocycles. The van der Waals surface area contributed by atoms with E-state index < -0.39 is 0 Å². The van der Waals surface area contributed by atoms with Crippen LogP contribution in [0.3, 0.4) is 0 Å². The van der Waals surface area contributed by atoms with E-state index in [1.807, 2.05) is 30.3 Å². The molecule has 0 fully saturated rings. The highest BCUT2D eigenvalue weighted by molar-refractivity contribution is 5.21. The summed E-state index contributed by atoms with van der Waals surface area (Å²) >= 11 is 0. The minimum Gasteiger partial charge on any atom is -0.464 e. The smallest absolute Gasteiger partial charge is 0.400 e. The van der Waals surface area contributed by atoms with E-state index in [-0.39, 0.29) is 5.95 Å². The van der Waals surface area contributed by atoms with Crippen molar-refractivity contribution in [2.45, 2.75) is 0 Å². The van der Waals surface area contributed by atoms with Crippen molar-refractivity contribution in [2.24, 2.45) is 0 Å². The van der Waals surface area contributed by atoms with Gasteiger partial charge in [-0.25, -0.2) is 0 Å². The fraction of sp³-hybridized carbons (Fsp3) is 0.111. The third-order valence-electron chi connectivity index (χ3n) is 1.22. The molecule has 0 aromatic heterocycles. The fourth-order valence-electron chi connectivity index (χ4n) is 0.696. The van der Waals surface area contributed by atoms with Gasteiger partial charge in [0.05, 0.1) is 19.2 Å². The molecule has 0 bridgehead atoms.